The second kappa shape index (κ2) is 9.90. The van der Waals surface area contributed by atoms with Gasteiger partial charge in [-0.25, -0.2) is 0 Å². The van der Waals surface area contributed by atoms with E-state index in [1.165, 1.54) is 22.3 Å². The average molecular weight is 478 g/mol. The van der Waals surface area contributed by atoms with Gasteiger partial charge in [0, 0.05) is 44.4 Å². The number of rotatable bonds is 5. The van der Waals surface area contributed by atoms with Crippen molar-refractivity contribution in [3.8, 4) is 11.5 Å². The van der Waals surface area contributed by atoms with Crippen LogP contribution >= 0.6 is 0 Å². The Balaban J connectivity index is 1.14. The second-order valence-electron chi connectivity index (χ2n) is 10.3. The summed E-state index contributed by atoms with van der Waals surface area (Å²) >= 11 is 0. The fraction of sp³-hybridized carbons (Fsp3) is 0.500. The lowest BCUT2D eigenvalue weighted by Gasteiger charge is -2.38. The largest absolute Gasteiger partial charge is 0.454 e. The van der Waals surface area contributed by atoms with Crippen molar-refractivity contribution < 1.29 is 19.1 Å². The third-order valence-corrected chi connectivity index (χ3v) is 7.62. The third-order valence-electron chi connectivity index (χ3n) is 7.62. The number of amides is 2. The molecular weight excluding hydrogens is 442 g/mol. The Morgan fingerprint density at radius 3 is 2.71 bits per heavy atom. The van der Waals surface area contributed by atoms with Crippen LogP contribution in [0.25, 0.3) is 0 Å². The summed E-state index contributed by atoms with van der Waals surface area (Å²) in [5, 5.41) is 2.94. The predicted molar refractivity (Wildman–Crippen MR) is 135 cm³/mol. The highest BCUT2D eigenvalue weighted by atomic mass is 16.7. The molecule has 3 heterocycles. The first-order valence-corrected chi connectivity index (χ1v) is 12.7. The van der Waals surface area contributed by atoms with Gasteiger partial charge in [-0.3, -0.25) is 9.59 Å². The number of carbonyl (C=O) groups is 2. The van der Waals surface area contributed by atoms with Gasteiger partial charge in [-0.2, -0.15) is 0 Å². The molecule has 1 N–H and O–H groups in total. The summed E-state index contributed by atoms with van der Waals surface area (Å²) in [7, 11) is 0. The van der Waals surface area contributed by atoms with Crippen LogP contribution in [-0.2, 0) is 16.1 Å². The van der Waals surface area contributed by atoms with Crippen LogP contribution in [-0.4, -0.2) is 54.6 Å². The van der Waals surface area contributed by atoms with Gasteiger partial charge in [0.25, 0.3) is 0 Å². The molecule has 7 nitrogen and oxygen atoms in total. The van der Waals surface area contributed by atoms with Crippen LogP contribution in [0.3, 0.4) is 0 Å². The minimum atomic E-state index is -0.0376. The standard InChI is InChI=1S/C28H35N3O4/c1-18-11-22-16-31(14-20(3)24(22)12-19(18)2)28(33)21-5-4-9-30(15-21)10-8-27(32)29-23-6-7-25-26(13-23)35-17-34-25/h6-7,11-13,20-21H,4-5,8-10,14-17H2,1-3H3,(H,29,32). The minimum absolute atomic E-state index is 0.000895. The number of nitrogens with zero attached hydrogens (tertiary/aromatic N) is 2. The summed E-state index contributed by atoms with van der Waals surface area (Å²) in [4.78, 5) is 30.3. The Morgan fingerprint density at radius 1 is 1.06 bits per heavy atom. The van der Waals surface area contributed by atoms with E-state index in [1.807, 2.05) is 6.07 Å². The molecule has 2 aromatic carbocycles. The summed E-state index contributed by atoms with van der Waals surface area (Å²) in [5.41, 5.74) is 5.98. The monoisotopic (exact) mass is 477 g/mol. The number of ether oxygens (including phenoxy) is 2. The summed E-state index contributed by atoms with van der Waals surface area (Å²) in [5.74, 6) is 1.92. The van der Waals surface area contributed by atoms with Gasteiger partial charge in [0.1, 0.15) is 0 Å². The van der Waals surface area contributed by atoms with Crippen LogP contribution in [0.1, 0.15) is 54.4 Å². The molecule has 3 aliphatic heterocycles. The maximum atomic E-state index is 13.5. The first-order valence-electron chi connectivity index (χ1n) is 12.7. The highest BCUT2D eigenvalue weighted by molar-refractivity contribution is 5.91. The van der Waals surface area contributed by atoms with E-state index in [-0.39, 0.29) is 24.5 Å². The molecule has 0 bridgehead atoms. The normalized spacial score (nSPS) is 21.5. The van der Waals surface area contributed by atoms with E-state index in [2.05, 4.69) is 48.0 Å². The van der Waals surface area contributed by atoms with Crippen molar-refractivity contribution in [2.45, 2.75) is 52.5 Å². The van der Waals surface area contributed by atoms with E-state index in [1.54, 1.807) is 12.1 Å². The number of nitrogens with one attached hydrogen (secondary N) is 1. The highest BCUT2D eigenvalue weighted by Gasteiger charge is 2.33. The van der Waals surface area contributed by atoms with E-state index in [0.29, 0.717) is 42.6 Å². The number of piperidine rings is 1. The maximum Gasteiger partial charge on any atom is 0.231 e. The van der Waals surface area contributed by atoms with Crippen LogP contribution in [0.5, 0.6) is 11.5 Å². The lowest BCUT2D eigenvalue weighted by molar-refractivity contribution is -0.138. The summed E-state index contributed by atoms with van der Waals surface area (Å²) in [6, 6.07) is 9.97. The van der Waals surface area contributed by atoms with Crippen molar-refractivity contribution in [1.29, 1.82) is 0 Å². The fourth-order valence-corrected chi connectivity index (χ4v) is 5.54. The molecule has 5 rings (SSSR count). The number of aryl methyl sites for hydroxylation is 2. The second-order valence-corrected chi connectivity index (χ2v) is 10.3. The minimum Gasteiger partial charge on any atom is -0.454 e. The Kier molecular flexibility index (Phi) is 6.69. The van der Waals surface area contributed by atoms with Crippen molar-refractivity contribution in [3.05, 3.63) is 52.6 Å². The molecule has 2 unspecified atom stereocenters. The first kappa shape index (κ1) is 23.7. The van der Waals surface area contributed by atoms with Crippen molar-refractivity contribution in [1.82, 2.24) is 9.80 Å². The highest BCUT2D eigenvalue weighted by Crippen LogP contribution is 2.34. The zero-order chi connectivity index (χ0) is 24.5. The van der Waals surface area contributed by atoms with Gasteiger partial charge in [-0.1, -0.05) is 19.1 Å². The molecular formula is C28H35N3O4. The number of hydrogen-bond donors (Lipinski definition) is 1. The number of likely N-dealkylation sites (tertiary alicyclic amines) is 1. The number of benzene rings is 2. The molecule has 0 saturated carbocycles. The van der Waals surface area contributed by atoms with E-state index < -0.39 is 0 Å². The van der Waals surface area contributed by atoms with Crippen molar-refractivity contribution in [3.63, 3.8) is 0 Å². The quantitative estimate of drug-likeness (QED) is 0.698. The molecule has 2 atom stereocenters. The first-order chi connectivity index (χ1) is 16.9. The molecule has 35 heavy (non-hydrogen) atoms. The van der Waals surface area contributed by atoms with Crippen LogP contribution in [0, 0.1) is 19.8 Å². The fourth-order valence-electron chi connectivity index (χ4n) is 5.54. The lowest BCUT2D eigenvalue weighted by Crippen LogP contribution is -2.47. The lowest BCUT2D eigenvalue weighted by atomic mass is 9.87. The Labute approximate surface area is 207 Å². The molecule has 7 heteroatoms. The van der Waals surface area contributed by atoms with Crippen LogP contribution in [0.2, 0.25) is 0 Å². The molecule has 1 saturated heterocycles. The number of hydrogen-bond acceptors (Lipinski definition) is 5. The maximum absolute atomic E-state index is 13.5. The van der Waals surface area contributed by atoms with Gasteiger partial charge in [-0.05, 0) is 73.5 Å². The molecule has 186 valence electrons. The molecule has 1 fully saturated rings. The van der Waals surface area contributed by atoms with Gasteiger partial charge in [0.2, 0.25) is 18.6 Å². The van der Waals surface area contributed by atoms with Crippen molar-refractivity contribution in [2.75, 3.05) is 38.3 Å². The third kappa shape index (κ3) is 5.15. The Bertz CT molecular complexity index is 1130. The number of fused-ring (bicyclic) bond motifs is 2. The topological polar surface area (TPSA) is 71.1 Å². The predicted octanol–water partition coefficient (Wildman–Crippen LogP) is 4.22. The van der Waals surface area contributed by atoms with E-state index in [4.69, 9.17) is 9.47 Å². The van der Waals surface area contributed by atoms with Gasteiger partial charge in [0.15, 0.2) is 11.5 Å². The molecule has 2 amide bonds. The van der Waals surface area contributed by atoms with Crippen molar-refractivity contribution in [2.24, 2.45) is 5.92 Å². The summed E-state index contributed by atoms with van der Waals surface area (Å²) < 4.78 is 10.7. The van der Waals surface area contributed by atoms with Gasteiger partial charge < -0.3 is 24.6 Å². The smallest absolute Gasteiger partial charge is 0.231 e. The van der Waals surface area contributed by atoms with Gasteiger partial charge >= 0.3 is 0 Å². The van der Waals surface area contributed by atoms with Gasteiger partial charge in [-0.15, -0.1) is 0 Å². The van der Waals surface area contributed by atoms with Crippen LogP contribution in [0.4, 0.5) is 5.69 Å². The molecule has 3 aliphatic rings. The van der Waals surface area contributed by atoms with Crippen LogP contribution in [0.15, 0.2) is 30.3 Å². The van der Waals surface area contributed by atoms with E-state index in [0.717, 1.165) is 32.5 Å². The molecule has 0 spiro atoms. The van der Waals surface area contributed by atoms with E-state index >= 15 is 0 Å². The Morgan fingerprint density at radius 2 is 1.86 bits per heavy atom. The molecule has 2 aromatic rings. The summed E-state index contributed by atoms with van der Waals surface area (Å²) in [6.45, 7) is 10.5. The molecule has 0 aliphatic carbocycles. The number of carbonyl (C=O) groups excluding carboxylic acids is 2. The van der Waals surface area contributed by atoms with Crippen molar-refractivity contribution >= 4 is 17.5 Å². The summed E-state index contributed by atoms with van der Waals surface area (Å²) in [6.07, 6.45) is 2.30. The van der Waals surface area contributed by atoms with Gasteiger partial charge in [0.05, 0.1) is 5.92 Å². The zero-order valence-corrected chi connectivity index (χ0v) is 20.9. The molecule has 0 aromatic heterocycles. The van der Waals surface area contributed by atoms with Crippen LogP contribution < -0.4 is 14.8 Å². The number of anilines is 1. The average Bonchev–Trinajstić information content (AvgIpc) is 3.31. The SMILES string of the molecule is Cc1cc2c(cc1C)C(C)CN(C(=O)C1CCCN(CCC(=O)Nc3ccc4c(c3)OCO4)C1)C2. The van der Waals surface area contributed by atoms with E-state index in [9.17, 15) is 9.59 Å². The zero-order valence-electron chi connectivity index (χ0n) is 20.9. The Hall–Kier alpha value is -3.06. The molecule has 0 radical (unpaired) electrons.